The number of rotatable bonds is 5. The smallest absolute Gasteiger partial charge is 0.266 e. The summed E-state index contributed by atoms with van der Waals surface area (Å²) in [7, 11) is 0. The molecule has 10 nitrogen and oxygen atoms in total. The zero-order chi connectivity index (χ0) is 22.0. The van der Waals surface area contributed by atoms with Crippen LogP contribution in [0, 0.1) is 5.41 Å². The van der Waals surface area contributed by atoms with Crippen LogP contribution in [0.2, 0.25) is 0 Å². The fourth-order valence-electron chi connectivity index (χ4n) is 3.36. The Morgan fingerprint density at radius 3 is 1.50 bits per heavy atom. The number of nitrogens with two attached hydrogens (primary N) is 9. The highest BCUT2D eigenvalue weighted by atomic mass is 16.1. The molecular weight excluding hydrogens is 358 g/mol. The summed E-state index contributed by atoms with van der Waals surface area (Å²) in [6.45, 7) is 6.21. The maximum atomic E-state index is 11.2. The second kappa shape index (κ2) is 8.07. The number of carbonyl (C=O) groups is 1. The third-order valence-corrected chi connectivity index (χ3v) is 5.02. The number of allylic oxidation sites excluding steroid dienone is 2. The van der Waals surface area contributed by atoms with Crippen molar-refractivity contribution in [3.05, 3.63) is 56.7 Å². The van der Waals surface area contributed by atoms with Crippen LogP contribution >= 0.6 is 0 Å². The van der Waals surface area contributed by atoms with E-state index in [9.17, 15) is 4.79 Å². The molecule has 1 rings (SSSR count). The Kier molecular flexibility index (Phi) is 6.52. The van der Waals surface area contributed by atoms with E-state index >= 15 is 0 Å². The average molecular weight is 392 g/mol. The Bertz CT molecular complexity index is 841. The Balaban J connectivity index is 3.56. The summed E-state index contributed by atoms with van der Waals surface area (Å²) in [6.07, 6.45) is 2.96. The molecule has 18 N–H and O–H groups in total. The number of amides is 1. The van der Waals surface area contributed by atoms with Crippen LogP contribution in [0.4, 0.5) is 0 Å². The normalized spacial score (nSPS) is 20.5. The Labute approximate surface area is 165 Å². The Morgan fingerprint density at radius 1 is 0.714 bits per heavy atom. The van der Waals surface area contributed by atoms with Crippen molar-refractivity contribution in [2.45, 2.75) is 40.0 Å². The molecule has 0 saturated heterocycles. The van der Waals surface area contributed by atoms with Gasteiger partial charge in [0.05, 0.1) is 39.9 Å². The monoisotopic (exact) mass is 391 g/mol. The number of carbonyl (C=O) groups excluding carboxylic acids is 1. The molecule has 0 aliphatic heterocycles. The van der Waals surface area contributed by atoms with E-state index in [-0.39, 0.29) is 39.6 Å². The van der Waals surface area contributed by atoms with E-state index in [0.717, 1.165) is 30.4 Å². The van der Waals surface area contributed by atoms with Gasteiger partial charge in [-0.05, 0) is 37.2 Å². The van der Waals surface area contributed by atoms with Gasteiger partial charge in [-0.1, -0.05) is 19.4 Å². The minimum Gasteiger partial charge on any atom is -0.397 e. The van der Waals surface area contributed by atoms with Gasteiger partial charge in [-0.3, -0.25) is 4.79 Å². The molecule has 156 valence electrons. The van der Waals surface area contributed by atoms with Crippen LogP contribution in [0.15, 0.2) is 56.7 Å². The fraction of sp³-hybridized carbons (Fsp3) is 0.389. The molecule has 0 saturated carbocycles. The van der Waals surface area contributed by atoms with E-state index in [0.29, 0.717) is 5.70 Å². The van der Waals surface area contributed by atoms with Crippen molar-refractivity contribution < 1.29 is 4.79 Å². The molecule has 0 aromatic rings. The second-order valence-corrected chi connectivity index (χ2v) is 7.57. The van der Waals surface area contributed by atoms with Gasteiger partial charge in [0.25, 0.3) is 5.91 Å². The summed E-state index contributed by atoms with van der Waals surface area (Å²) < 4.78 is 0. The molecule has 0 atom stereocenters. The van der Waals surface area contributed by atoms with Crippen LogP contribution in [0.1, 0.15) is 40.0 Å². The van der Waals surface area contributed by atoms with Gasteiger partial charge >= 0.3 is 0 Å². The van der Waals surface area contributed by atoms with Gasteiger partial charge in [0.15, 0.2) is 0 Å². The van der Waals surface area contributed by atoms with Crippen LogP contribution in [0.5, 0.6) is 0 Å². The van der Waals surface area contributed by atoms with Gasteiger partial charge < -0.3 is 51.6 Å². The number of hydrogen-bond donors (Lipinski definition) is 9. The van der Waals surface area contributed by atoms with Gasteiger partial charge in [-0.2, -0.15) is 0 Å². The van der Waals surface area contributed by atoms with Crippen LogP contribution in [0.3, 0.4) is 0 Å². The van der Waals surface area contributed by atoms with Crippen molar-refractivity contribution in [2.75, 3.05) is 0 Å². The van der Waals surface area contributed by atoms with Crippen LogP contribution in [-0.4, -0.2) is 5.91 Å². The molecule has 0 bridgehead atoms. The molecule has 1 aliphatic carbocycles. The van der Waals surface area contributed by atoms with E-state index < -0.39 is 11.6 Å². The van der Waals surface area contributed by atoms with Gasteiger partial charge in [0.1, 0.15) is 5.70 Å². The lowest BCUT2D eigenvalue weighted by atomic mass is 9.71. The third-order valence-electron chi connectivity index (χ3n) is 5.02. The van der Waals surface area contributed by atoms with E-state index in [1.807, 2.05) is 6.92 Å². The molecule has 0 spiro atoms. The minimum atomic E-state index is -0.950. The van der Waals surface area contributed by atoms with Crippen molar-refractivity contribution in [1.29, 1.82) is 0 Å². The van der Waals surface area contributed by atoms with Crippen LogP contribution in [0.25, 0.3) is 0 Å². The molecule has 1 aliphatic rings. The van der Waals surface area contributed by atoms with Gasteiger partial charge in [-0.15, -0.1) is 0 Å². The first-order chi connectivity index (χ1) is 12.7. The van der Waals surface area contributed by atoms with Crippen molar-refractivity contribution in [3.63, 3.8) is 0 Å². The summed E-state index contributed by atoms with van der Waals surface area (Å²) in [5.74, 6) is -0.950. The highest BCUT2D eigenvalue weighted by Crippen LogP contribution is 2.43. The average Bonchev–Trinajstić information content (AvgIpc) is 2.62. The van der Waals surface area contributed by atoms with Gasteiger partial charge in [-0.25, -0.2) is 0 Å². The first-order valence-corrected chi connectivity index (χ1v) is 8.76. The highest BCUT2D eigenvalue weighted by Gasteiger charge is 2.31. The number of primary amides is 1. The summed E-state index contributed by atoms with van der Waals surface area (Å²) in [6, 6.07) is 0. The zero-order valence-corrected chi connectivity index (χ0v) is 16.7. The Morgan fingerprint density at radius 2 is 1.11 bits per heavy atom. The molecule has 0 aromatic carbocycles. The molecule has 10 heteroatoms. The lowest BCUT2D eigenvalue weighted by molar-refractivity contribution is -0.114. The van der Waals surface area contributed by atoms with Gasteiger partial charge in [0, 0.05) is 0 Å². The summed E-state index contributed by atoms with van der Waals surface area (Å²) in [5.41, 5.74) is 53.7. The third kappa shape index (κ3) is 4.27. The molecule has 28 heavy (non-hydrogen) atoms. The molecule has 1 amide bonds. The van der Waals surface area contributed by atoms with Crippen molar-refractivity contribution in [1.82, 2.24) is 0 Å². The molecule has 0 radical (unpaired) electrons. The zero-order valence-electron chi connectivity index (χ0n) is 16.7. The van der Waals surface area contributed by atoms with Crippen LogP contribution < -0.4 is 51.6 Å². The molecule has 0 heterocycles. The maximum Gasteiger partial charge on any atom is 0.266 e. The van der Waals surface area contributed by atoms with E-state index in [2.05, 4.69) is 13.8 Å². The molecule has 0 unspecified atom stereocenters. The van der Waals surface area contributed by atoms with Crippen molar-refractivity contribution in [3.8, 4) is 0 Å². The predicted octanol–water partition coefficient (Wildman–Crippen LogP) is -1.49. The topological polar surface area (TPSA) is 251 Å². The molecule has 0 aromatic heterocycles. The molecular formula is C18H33N9O. The largest absolute Gasteiger partial charge is 0.397 e. The first kappa shape index (κ1) is 22.6. The summed E-state index contributed by atoms with van der Waals surface area (Å²) >= 11 is 0. The lowest BCUT2D eigenvalue weighted by Crippen LogP contribution is -2.31. The minimum absolute atomic E-state index is 0.0509. The lowest BCUT2D eigenvalue weighted by Gasteiger charge is -2.35. The maximum absolute atomic E-state index is 11.2. The van der Waals surface area contributed by atoms with Crippen molar-refractivity contribution >= 4 is 5.91 Å². The molecule has 0 fully saturated rings. The summed E-state index contributed by atoms with van der Waals surface area (Å²) in [5, 5.41) is 0. The quantitative estimate of drug-likeness (QED) is 0.195. The van der Waals surface area contributed by atoms with Crippen molar-refractivity contribution in [2.24, 2.45) is 57.0 Å². The fourth-order valence-corrected chi connectivity index (χ4v) is 3.36. The van der Waals surface area contributed by atoms with E-state index in [1.165, 1.54) is 0 Å². The van der Waals surface area contributed by atoms with Gasteiger partial charge in [0.2, 0.25) is 0 Å². The second-order valence-electron chi connectivity index (χ2n) is 7.57. The van der Waals surface area contributed by atoms with E-state index in [1.54, 1.807) is 0 Å². The van der Waals surface area contributed by atoms with E-state index in [4.69, 9.17) is 51.6 Å². The first-order valence-electron chi connectivity index (χ1n) is 8.76. The standard InChI is InChI=1S/C18H33N9O/c1-7-5-4-6-18(2,3)8(7)9(19)10(20)11(21)12(22)13(23)14(24)15(25)16(26)17(27)28/h4-6,19-26H2,1-3H3,(H2,27,28)/b10-9+,12-11-,14-13+,16-15+. The number of hydrogen-bond acceptors (Lipinski definition) is 9. The SMILES string of the molecule is CC1=C(/C(N)=C(N)/C(N)=C(N)\C(N)=C(N)\C(N)=C(/N)C(N)=O)C(C)(C)CCC1. The highest BCUT2D eigenvalue weighted by molar-refractivity contribution is 5.92. The summed E-state index contributed by atoms with van der Waals surface area (Å²) in [4.78, 5) is 11.2. The Hall–Kier alpha value is -3.43. The predicted molar refractivity (Wildman–Crippen MR) is 111 cm³/mol. The van der Waals surface area contributed by atoms with Crippen LogP contribution in [-0.2, 0) is 4.79 Å².